The van der Waals surface area contributed by atoms with E-state index in [9.17, 15) is 9.90 Å². The summed E-state index contributed by atoms with van der Waals surface area (Å²) >= 11 is 0. The van der Waals surface area contributed by atoms with Crippen molar-refractivity contribution in [3.8, 4) is 5.75 Å². The maximum atomic E-state index is 12.1. The van der Waals surface area contributed by atoms with Crippen molar-refractivity contribution in [3.63, 3.8) is 0 Å². The Balaban J connectivity index is 1.36. The van der Waals surface area contributed by atoms with Crippen LogP contribution in [0, 0.1) is 5.92 Å². The summed E-state index contributed by atoms with van der Waals surface area (Å²) in [4.78, 5) is 14.5. The largest absolute Gasteiger partial charge is 0.495 e. The lowest BCUT2D eigenvalue weighted by atomic mass is 9.83. The van der Waals surface area contributed by atoms with E-state index in [1.54, 1.807) is 13.2 Å². The van der Waals surface area contributed by atoms with Gasteiger partial charge in [-0.25, -0.2) is 0 Å². The molecule has 0 saturated carbocycles. The number of benzene rings is 1. The first-order valence-corrected chi connectivity index (χ1v) is 9.61. The number of hydrogen-bond donors (Lipinski definition) is 2. The monoisotopic (exact) mass is 369 g/mol. The van der Waals surface area contributed by atoms with Crippen LogP contribution >= 0.6 is 0 Å². The van der Waals surface area contributed by atoms with Crippen LogP contribution < -0.4 is 15.6 Å². The van der Waals surface area contributed by atoms with Gasteiger partial charge in [0.25, 0.3) is 5.56 Å². The van der Waals surface area contributed by atoms with Crippen LogP contribution in [-0.4, -0.2) is 54.0 Å². The minimum absolute atomic E-state index is 0.108. The van der Waals surface area contributed by atoms with Gasteiger partial charge in [-0.1, -0.05) is 18.2 Å². The molecule has 2 N–H and O–H groups in total. The first kappa shape index (κ1) is 18.1. The summed E-state index contributed by atoms with van der Waals surface area (Å²) in [7, 11) is 1.65. The van der Waals surface area contributed by atoms with Crippen LogP contribution in [-0.2, 0) is 6.54 Å². The average molecular weight is 369 g/mol. The third-order valence-corrected chi connectivity index (χ3v) is 5.66. The Kier molecular flexibility index (Phi) is 5.18. The Hall–Kier alpha value is -2.31. The summed E-state index contributed by atoms with van der Waals surface area (Å²) in [5, 5.41) is 13.8. The lowest BCUT2D eigenvalue weighted by Gasteiger charge is -2.43. The fraction of sp³-hybridized carbons (Fsp3) is 0.476. The van der Waals surface area contributed by atoms with Crippen molar-refractivity contribution in [1.29, 1.82) is 0 Å². The maximum absolute atomic E-state index is 12.1. The molecule has 0 amide bonds. The van der Waals surface area contributed by atoms with E-state index in [1.807, 2.05) is 34.9 Å². The molecule has 144 valence electrons. The Morgan fingerprint density at radius 3 is 2.89 bits per heavy atom. The number of aromatic nitrogens is 1. The van der Waals surface area contributed by atoms with Crippen molar-refractivity contribution in [2.24, 2.45) is 5.92 Å². The number of hydrogen-bond acceptors (Lipinski definition) is 5. The molecule has 6 nitrogen and oxygen atoms in total. The van der Waals surface area contributed by atoms with Gasteiger partial charge in [-0.2, -0.15) is 0 Å². The second-order valence-corrected chi connectivity index (χ2v) is 7.65. The summed E-state index contributed by atoms with van der Waals surface area (Å²) in [6.07, 6.45) is 0.668. The number of likely N-dealkylation sites (tertiary alicyclic amines) is 1. The quantitative estimate of drug-likeness (QED) is 0.812. The number of pyridine rings is 1. The van der Waals surface area contributed by atoms with E-state index in [0.29, 0.717) is 24.9 Å². The van der Waals surface area contributed by atoms with E-state index in [2.05, 4.69) is 16.3 Å². The van der Waals surface area contributed by atoms with Gasteiger partial charge in [-0.3, -0.25) is 9.69 Å². The fourth-order valence-corrected chi connectivity index (χ4v) is 4.53. The summed E-state index contributed by atoms with van der Waals surface area (Å²) in [5.74, 6) is 1.63. The second-order valence-electron chi connectivity index (χ2n) is 7.65. The number of anilines is 1. The van der Waals surface area contributed by atoms with E-state index < -0.39 is 6.10 Å². The molecule has 1 aromatic heterocycles. The van der Waals surface area contributed by atoms with Gasteiger partial charge in [-0.15, -0.1) is 0 Å². The molecule has 2 bridgehead atoms. The molecule has 4 rings (SSSR count). The molecule has 0 spiro atoms. The molecule has 1 fully saturated rings. The minimum atomic E-state index is -0.466. The second kappa shape index (κ2) is 7.74. The average Bonchev–Trinajstić information content (AvgIpc) is 2.67. The number of fused-ring (bicyclic) bond motifs is 4. The zero-order valence-electron chi connectivity index (χ0n) is 15.7. The number of nitrogens with zero attached hydrogens (tertiary/aromatic N) is 2. The van der Waals surface area contributed by atoms with Crippen LogP contribution in [0.5, 0.6) is 5.75 Å². The van der Waals surface area contributed by atoms with Gasteiger partial charge in [0.05, 0.1) is 18.9 Å². The Bertz CT molecular complexity index is 851. The molecule has 3 atom stereocenters. The summed E-state index contributed by atoms with van der Waals surface area (Å²) in [6, 6.07) is 13.3. The Labute approximate surface area is 159 Å². The lowest BCUT2D eigenvalue weighted by Crippen LogP contribution is -2.49. The lowest BCUT2D eigenvalue weighted by molar-refractivity contribution is 0.0676. The van der Waals surface area contributed by atoms with E-state index in [4.69, 9.17) is 4.74 Å². The molecule has 0 aliphatic carbocycles. The molecule has 3 heterocycles. The Morgan fingerprint density at radius 2 is 2.04 bits per heavy atom. The van der Waals surface area contributed by atoms with Gasteiger partial charge in [0.2, 0.25) is 0 Å². The number of rotatable bonds is 6. The molecule has 6 heteroatoms. The first-order chi connectivity index (χ1) is 13.1. The van der Waals surface area contributed by atoms with E-state index in [1.165, 1.54) is 0 Å². The normalized spacial score (nSPS) is 22.7. The molecular formula is C21H27N3O3. The van der Waals surface area contributed by atoms with Crippen LogP contribution in [0.2, 0.25) is 0 Å². The Morgan fingerprint density at radius 1 is 1.19 bits per heavy atom. The number of nitrogens with one attached hydrogen (secondary N) is 1. The van der Waals surface area contributed by atoms with Gasteiger partial charge in [0, 0.05) is 50.4 Å². The highest BCUT2D eigenvalue weighted by Gasteiger charge is 2.34. The van der Waals surface area contributed by atoms with Gasteiger partial charge in [-0.05, 0) is 30.5 Å². The zero-order chi connectivity index (χ0) is 18.8. The summed E-state index contributed by atoms with van der Waals surface area (Å²) in [5.41, 5.74) is 2.14. The zero-order valence-corrected chi connectivity index (χ0v) is 15.7. The number of para-hydroxylation sites is 2. The van der Waals surface area contributed by atoms with Crippen LogP contribution in [0.1, 0.15) is 18.0 Å². The van der Waals surface area contributed by atoms with Gasteiger partial charge >= 0.3 is 0 Å². The van der Waals surface area contributed by atoms with Crippen molar-refractivity contribution in [1.82, 2.24) is 9.47 Å². The number of piperidine rings is 1. The van der Waals surface area contributed by atoms with Gasteiger partial charge in [0.15, 0.2) is 0 Å². The third-order valence-electron chi connectivity index (χ3n) is 5.66. The van der Waals surface area contributed by atoms with Crippen LogP contribution in [0.15, 0.2) is 47.3 Å². The highest BCUT2D eigenvalue weighted by molar-refractivity contribution is 5.56. The SMILES string of the molecule is COc1ccccc1NCC(O)CN1CC2CC(C1)c1cccc(=O)n1C2. The van der Waals surface area contributed by atoms with Gasteiger partial charge < -0.3 is 19.7 Å². The molecule has 2 aliphatic heterocycles. The predicted octanol–water partition coefficient (Wildman–Crippen LogP) is 1.75. The molecular weight excluding hydrogens is 342 g/mol. The summed E-state index contributed by atoms with van der Waals surface area (Å²) < 4.78 is 7.28. The molecule has 1 saturated heterocycles. The molecule has 27 heavy (non-hydrogen) atoms. The number of methoxy groups -OCH3 is 1. The predicted molar refractivity (Wildman–Crippen MR) is 105 cm³/mol. The van der Waals surface area contributed by atoms with Crippen LogP contribution in [0.4, 0.5) is 5.69 Å². The fourth-order valence-electron chi connectivity index (χ4n) is 4.53. The van der Waals surface area contributed by atoms with Crippen molar-refractivity contribution in [2.45, 2.75) is 25.0 Å². The van der Waals surface area contributed by atoms with Crippen molar-refractivity contribution in [3.05, 3.63) is 58.5 Å². The number of β-amino-alcohol motifs (C(OH)–C–C–N with tert-alkyl or cyclic N) is 1. The van der Waals surface area contributed by atoms with Crippen molar-refractivity contribution >= 4 is 5.69 Å². The number of ether oxygens (including phenoxy) is 1. The third kappa shape index (κ3) is 3.87. The van der Waals surface area contributed by atoms with Crippen LogP contribution in [0.25, 0.3) is 0 Å². The number of aliphatic hydroxyl groups is 1. The van der Waals surface area contributed by atoms with Crippen LogP contribution in [0.3, 0.4) is 0 Å². The highest BCUT2D eigenvalue weighted by Crippen LogP contribution is 2.34. The summed E-state index contributed by atoms with van der Waals surface area (Å²) in [6.45, 7) is 3.72. The van der Waals surface area contributed by atoms with E-state index in [0.717, 1.165) is 43.2 Å². The molecule has 2 aliphatic rings. The molecule has 0 radical (unpaired) electrons. The van der Waals surface area contributed by atoms with Crippen molar-refractivity contribution in [2.75, 3.05) is 38.6 Å². The smallest absolute Gasteiger partial charge is 0.250 e. The minimum Gasteiger partial charge on any atom is -0.495 e. The van der Waals surface area contributed by atoms with Gasteiger partial charge in [0.1, 0.15) is 5.75 Å². The first-order valence-electron chi connectivity index (χ1n) is 9.61. The molecule has 1 aromatic carbocycles. The van der Waals surface area contributed by atoms with Crippen molar-refractivity contribution < 1.29 is 9.84 Å². The van der Waals surface area contributed by atoms with E-state index in [-0.39, 0.29) is 5.56 Å². The highest BCUT2D eigenvalue weighted by atomic mass is 16.5. The topological polar surface area (TPSA) is 66.7 Å². The molecule has 3 unspecified atom stereocenters. The molecule has 2 aromatic rings. The number of aliphatic hydroxyl groups excluding tert-OH is 1. The standard InChI is InChI=1S/C21H27N3O3/c1-27-20-7-3-2-5-18(20)22-10-17(25)14-23-11-15-9-16(13-23)19-6-4-8-21(26)24(19)12-15/h2-8,15-17,22,25H,9-14H2,1H3. The maximum Gasteiger partial charge on any atom is 0.250 e. The van der Waals surface area contributed by atoms with E-state index >= 15 is 0 Å².